The van der Waals surface area contributed by atoms with Crippen molar-refractivity contribution in [2.75, 3.05) is 32.8 Å². The second kappa shape index (κ2) is 7.63. The molecule has 0 aromatic carbocycles. The molecule has 1 saturated heterocycles. The number of rotatable bonds is 6. The van der Waals surface area contributed by atoms with Gasteiger partial charge in [-0.15, -0.1) is 0 Å². The quantitative estimate of drug-likeness (QED) is 0.602. The van der Waals surface area contributed by atoms with Crippen LogP contribution >= 0.6 is 0 Å². The predicted molar refractivity (Wildman–Crippen MR) is 61.7 cm³/mol. The number of carbonyl (C=O) groups excluding carboxylic acids is 1. The Bertz CT molecular complexity index is 340. The molecule has 0 aliphatic carbocycles. The van der Waals surface area contributed by atoms with Crippen LogP contribution in [0.5, 0.6) is 0 Å². The Morgan fingerprint density at radius 2 is 2.33 bits per heavy atom. The van der Waals surface area contributed by atoms with Crippen LogP contribution in [-0.2, 0) is 14.3 Å². The molecule has 1 unspecified atom stereocenters. The molecule has 1 heterocycles. The predicted octanol–water partition coefficient (Wildman–Crippen LogP) is -0.808. The molecule has 1 aliphatic heterocycles. The summed E-state index contributed by atoms with van der Waals surface area (Å²) >= 11 is 0. The van der Waals surface area contributed by atoms with Crippen molar-refractivity contribution >= 4 is 11.9 Å². The first-order valence-electron chi connectivity index (χ1n) is 5.80. The first-order chi connectivity index (χ1) is 8.63. The third-order valence-electron chi connectivity index (χ3n) is 2.67. The summed E-state index contributed by atoms with van der Waals surface area (Å²) in [7, 11) is 0. The highest BCUT2D eigenvalue weighted by Crippen LogP contribution is 2.10. The average Bonchev–Trinajstić information content (AvgIpc) is 2.31. The smallest absolute Gasteiger partial charge is 0.305 e. The second-order valence-corrected chi connectivity index (χ2v) is 4.06. The Morgan fingerprint density at radius 3 is 3.00 bits per heavy atom. The molecule has 1 atom stereocenters. The van der Waals surface area contributed by atoms with Crippen molar-refractivity contribution in [3.63, 3.8) is 0 Å². The number of carboxylic acid groups (broad SMARTS) is 1. The number of nitriles is 1. The monoisotopic (exact) mass is 255 g/mol. The Labute approximate surface area is 105 Å². The lowest BCUT2D eigenvalue weighted by Gasteiger charge is -2.34. The van der Waals surface area contributed by atoms with Gasteiger partial charge in [-0.3, -0.25) is 14.5 Å². The molecule has 2 N–H and O–H groups in total. The Morgan fingerprint density at radius 1 is 1.56 bits per heavy atom. The highest BCUT2D eigenvalue weighted by atomic mass is 16.5. The molecular formula is C11H17N3O4. The number of carboxylic acids is 1. The number of hydrogen-bond donors (Lipinski definition) is 2. The van der Waals surface area contributed by atoms with E-state index in [9.17, 15) is 9.59 Å². The van der Waals surface area contributed by atoms with Gasteiger partial charge in [0.05, 0.1) is 38.7 Å². The summed E-state index contributed by atoms with van der Waals surface area (Å²) in [6.07, 6.45) is 0.235. The molecule has 0 aromatic rings. The molecule has 1 rings (SSSR count). The maximum absolute atomic E-state index is 11.6. The van der Waals surface area contributed by atoms with E-state index in [1.54, 1.807) is 4.90 Å². The van der Waals surface area contributed by atoms with Crippen LogP contribution in [0.4, 0.5) is 0 Å². The molecule has 1 amide bonds. The van der Waals surface area contributed by atoms with Gasteiger partial charge in [0, 0.05) is 19.1 Å². The standard InChI is InChI=1S/C11H17N3O4/c12-2-1-3-13-10(15)7-14-4-5-18-8-9(14)6-11(16)17/h9H,1,3-8H2,(H,13,15)(H,16,17). The maximum Gasteiger partial charge on any atom is 0.305 e. The number of ether oxygens (including phenoxy) is 1. The molecule has 18 heavy (non-hydrogen) atoms. The van der Waals surface area contributed by atoms with E-state index in [-0.39, 0.29) is 31.3 Å². The van der Waals surface area contributed by atoms with E-state index in [1.165, 1.54) is 0 Å². The van der Waals surface area contributed by atoms with Gasteiger partial charge in [-0.05, 0) is 0 Å². The van der Waals surface area contributed by atoms with Crippen LogP contribution in [0.2, 0.25) is 0 Å². The summed E-state index contributed by atoms with van der Waals surface area (Å²) in [5.41, 5.74) is 0. The number of nitrogens with zero attached hydrogens (tertiary/aromatic N) is 2. The lowest BCUT2D eigenvalue weighted by molar-refractivity contribution is -0.141. The SMILES string of the molecule is N#CCCNC(=O)CN1CCOCC1CC(=O)O. The fourth-order valence-electron chi connectivity index (χ4n) is 1.79. The number of aliphatic carboxylic acids is 1. The molecule has 100 valence electrons. The third kappa shape index (κ3) is 5.12. The van der Waals surface area contributed by atoms with Gasteiger partial charge in [0.2, 0.25) is 5.91 Å². The van der Waals surface area contributed by atoms with E-state index in [1.807, 2.05) is 6.07 Å². The fourth-order valence-corrected chi connectivity index (χ4v) is 1.79. The third-order valence-corrected chi connectivity index (χ3v) is 2.67. The van der Waals surface area contributed by atoms with Gasteiger partial charge >= 0.3 is 5.97 Å². The van der Waals surface area contributed by atoms with Crippen LogP contribution in [-0.4, -0.2) is 60.8 Å². The van der Waals surface area contributed by atoms with Gasteiger partial charge in [0.1, 0.15) is 0 Å². The van der Waals surface area contributed by atoms with Crippen LogP contribution in [0.15, 0.2) is 0 Å². The van der Waals surface area contributed by atoms with Crippen LogP contribution in [0, 0.1) is 11.3 Å². The molecule has 0 spiro atoms. The van der Waals surface area contributed by atoms with Crippen LogP contribution < -0.4 is 5.32 Å². The molecule has 0 radical (unpaired) electrons. The van der Waals surface area contributed by atoms with E-state index in [4.69, 9.17) is 15.1 Å². The second-order valence-electron chi connectivity index (χ2n) is 4.06. The van der Waals surface area contributed by atoms with Crippen molar-refractivity contribution in [3.8, 4) is 6.07 Å². The zero-order chi connectivity index (χ0) is 13.4. The van der Waals surface area contributed by atoms with Crippen molar-refractivity contribution in [3.05, 3.63) is 0 Å². The highest BCUT2D eigenvalue weighted by Gasteiger charge is 2.26. The van der Waals surface area contributed by atoms with Gasteiger partial charge in [-0.25, -0.2) is 0 Å². The zero-order valence-corrected chi connectivity index (χ0v) is 10.1. The lowest BCUT2D eigenvalue weighted by atomic mass is 10.1. The van der Waals surface area contributed by atoms with E-state index in [0.29, 0.717) is 26.3 Å². The lowest BCUT2D eigenvalue weighted by Crippen LogP contribution is -2.50. The minimum atomic E-state index is -0.902. The summed E-state index contributed by atoms with van der Waals surface area (Å²) in [5, 5.41) is 19.7. The zero-order valence-electron chi connectivity index (χ0n) is 10.1. The Balaban J connectivity index is 2.39. The van der Waals surface area contributed by atoms with Gasteiger partial charge in [-0.2, -0.15) is 5.26 Å². The van der Waals surface area contributed by atoms with Crippen LogP contribution in [0.1, 0.15) is 12.8 Å². The van der Waals surface area contributed by atoms with E-state index < -0.39 is 5.97 Å². The van der Waals surface area contributed by atoms with Crippen molar-refractivity contribution in [1.82, 2.24) is 10.2 Å². The molecule has 0 saturated carbocycles. The summed E-state index contributed by atoms with van der Waals surface area (Å²) in [5.74, 6) is -1.09. The van der Waals surface area contributed by atoms with Gasteiger partial charge < -0.3 is 15.2 Å². The molecule has 7 heteroatoms. The minimum absolute atomic E-state index is 0.0362. The summed E-state index contributed by atoms with van der Waals surface area (Å²) in [6.45, 7) is 1.85. The normalized spacial score (nSPS) is 20.1. The number of amides is 1. The molecule has 0 bridgehead atoms. The first kappa shape index (κ1) is 14.4. The first-order valence-corrected chi connectivity index (χ1v) is 5.80. The van der Waals surface area contributed by atoms with Crippen LogP contribution in [0.25, 0.3) is 0 Å². The van der Waals surface area contributed by atoms with Gasteiger partial charge in [-0.1, -0.05) is 0 Å². The maximum atomic E-state index is 11.6. The fraction of sp³-hybridized carbons (Fsp3) is 0.727. The van der Waals surface area contributed by atoms with Crippen molar-refractivity contribution in [1.29, 1.82) is 5.26 Å². The largest absolute Gasteiger partial charge is 0.481 e. The number of hydrogen-bond acceptors (Lipinski definition) is 5. The van der Waals surface area contributed by atoms with E-state index in [0.717, 1.165) is 0 Å². The van der Waals surface area contributed by atoms with Crippen molar-refractivity contribution < 1.29 is 19.4 Å². The van der Waals surface area contributed by atoms with Crippen molar-refractivity contribution in [2.24, 2.45) is 0 Å². The number of carbonyl (C=O) groups is 2. The van der Waals surface area contributed by atoms with Crippen molar-refractivity contribution in [2.45, 2.75) is 18.9 Å². The van der Waals surface area contributed by atoms with Gasteiger partial charge in [0.15, 0.2) is 0 Å². The van der Waals surface area contributed by atoms with E-state index >= 15 is 0 Å². The Hall–Kier alpha value is -1.65. The van der Waals surface area contributed by atoms with Crippen LogP contribution in [0.3, 0.4) is 0 Å². The molecule has 1 fully saturated rings. The molecular weight excluding hydrogens is 238 g/mol. The average molecular weight is 255 g/mol. The summed E-state index contributed by atoms with van der Waals surface area (Å²) in [6, 6.07) is 1.67. The minimum Gasteiger partial charge on any atom is -0.481 e. The molecule has 1 aliphatic rings. The Kier molecular flexibility index (Phi) is 6.11. The molecule has 0 aromatic heterocycles. The summed E-state index contributed by atoms with van der Waals surface area (Å²) < 4.78 is 5.21. The van der Waals surface area contributed by atoms with Gasteiger partial charge in [0.25, 0.3) is 0 Å². The molecule has 7 nitrogen and oxygen atoms in total. The summed E-state index contributed by atoms with van der Waals surface area (Å²) in [4.78, 5) is 24.1. The topological polar surface area (TPSA) is 103 Å². The number of nitrogens with one attached hydrogen (secondary N) is 1. The highest BCUT2D eigenvalue weighted by molar-refractivity contribution is 5.78. The van der Waals surface area contributed by atoms with E-state index in [2.05, 4.69) is 5.32 Å². The number of morpholine rings is 1.